The average molecular weight is 460 g/mol. The fourth-order valence-corrected chi connectivity index (χ4v) is 10.5. The molecule has 34 heavy (non-hydrogen) atoms. The first-order valence-electron chi connectivity index (χ1n) is 13.2. The van der Waals surface area contributed by atoms with Crippen LogP contribution >= 0.6 is 0 Å². The van der Waals surface area contributed by atoms with Crippen LogP contribution in [0.2, 0.25) is 0 Å². The Morgan fingerprint density at radius 1 is 0.765 bits per heavy atom. The molecule has 0 radical (unpaired) electrons. The first kappa shape index (κ1) is 22.1. The number of benzene rings is 1. The Morgan fingerprint density at radius 3 is 1.62 bits per heavy atom. The summed E-state index contributed by atoms with van der Waals surface area (Å²) in [6.45, 7) is 16.9. The molecule has 4 unspecified atom stereocenters. The molecule has 0 N–H and O–H groups in total. The van der Waals surface area contributed by atoms with Gasteiger partial charge in [-0.15, -0.1) is 0 Å². The molecule has 6 saturated carbocycles. The largest absolute Gasteiger partial charge is 0.337 e. The lowest BCUT2D eigenvalue weighted by Gasteiger charge is -3.14. The number of hydrogen-bond donors (Lipinski definition) is 0. The van der Waals surface area contributed by atoms with E-state index in [0.717, 1.165) is 0 Å². The van der Waals surface area contributed by atoms with Gasteiger partial charge in [0.15, 0.2) is 0 Å². The fraction of sp³-hybridized carbons (Fsp3) is 0.690. The third-order valence-corrected chi connectivity index (χ3v) is 10.7. The van der Waals surface area contributed by atoms with Gasteiger partial charge in [-0.05, 0) is 103 Å². The standard InChI is InChI=1S/C29H37N3O2/c1-14(2)31(15(3)4)25(33)27-20-21-23(27)28(19-11-9-18(13-30)10-12-19)24(27)22(20)29(21,28)26(34)32(16(5)6)17(7)8/h9-12,14-17,20-24H,1-8H3/t20?,21-,22+,23-,24+,27?,28?,29?. The second-order valence-corrected chi connectivity index (χ2v) is 12.7. The lowest BCUT2D eigenvalue weighted by atomic mass is 8.87. The van der Waals surface area contributed by atoms with E-state index < -0.39 is 0 Å². The number of hydrogen-bond acceptors (Lipinski definition) is 3. The van der Waals surface area contributed by atoms with Gasteiger partial charge in [0.2, 0.25) is 11.8 Å². The van der Waals surface area contributed by atoms with Crippen LogP contribution in [0.1, 0.15) is 66.5 Å². The van der Waals surface area contributed by atoms with E-state index in [9.17, 15) is 14.9 Å². The van der Waals surface area contributed by atoms with Gasteiger partial charge in [-0.25, -0.2) is 0 Å². The van der Waals surface area contributed by atoms with Gasteiger partial charge in [0.1, 0.15) is 0 Å². The topological polar surface area (TPSA) is 64.4 Å². The molecule has 0 saturated heterocycles. The molecule has 6 fully saturated rings. The molecule has 5 heteroatoms. The highest BCUT2D eigenvalue weighted by molar-refractivity contribution is 6.04. The zero-order chi connectivity index (χ0) is 24.7. The molecule has 7 rings (SSSR count). The maximum Gasteiger partial charge on any atom is 0.230 e. The van der Waals surface area contributed by atoms with Crippen LogP contribution < -0.4 is 0 Å². The summed E-state index contributed by atoms with van der Waals surface area (Å²) in [6.07, 6.45) is 0. The molecule has 0 spiro atoms. The van der Waals surface area contributed by atoms with Crippen LogP contribution in [0.4, 0.5) is 0 Å². The monoisotopic (exact) mass is 459 g/mol. The molecule has 8 atom stereocenters. The quantitative estimate of drug-likeness (QED) is 0.614. The van der Waals surface area contributed by atoms with E-state index in [2.05, 4.69) is 83.4 Å². The minimum atomic E-state index is -0.335. The summed E-state index contributed by atoms with van der Waals surface area (Å²) < 4.78 is 0. The highest BCUT2D eigenvalue weighted by Crippen LogP contribution is 3.14. The second-order valence-electron chi connectivity index (χ2n) is 12.7. The predicted octanol–water partition coefficient (Wildman–Crippen LogP) is 4.21. The molecular formula is C29H37N3O2. The normalized spacial score (nSPS) is 41.1. The number of rotatable bonds is 7. The Kier molecular flexibility index (Phi) is 4.07. The molecule has 1 aromatic rings. The van der Waals surface area contributed by atoms with Crippen molar-refractivity contribution < 1.29 is 9.59 Å². The first-order chi connectivity index (χ1) is 16.0. The number of carbonyl (C=O) groups is 2. The van der Waals surface area contributed by atoms with Crippen LogP contribution in [0, 0.1) is 51.8 Å². The Bertz CT molecular complexity index is 1100. The van der Waals surface area contributed by atoms with Crippen molar-refractivity contribution >= 4 is 11.8 Å². The van der Waals surface area contributed by atoms with Crippen molar-refractivity contribution in [1.29, 1.82) is 5.26 Å². The Balaban J connectivity index is 1.44. The molecule has 2 amide bonds. The zero-order valence-corrected chi connectivity index (χ0v) is 21.7. The van der Waals surface area contributed by atoms with E-state index in [4.69, 9.17) is 0 Å². The molecule has 180 valence electrons. The third kappa shape index (κ3) is 1.73. The summed E-state index contributed by atoms with van der Waals surface area (Å²) in [5.74, 6) is 2.26. The van der Waals surface area contributed by atoms with Crippen molar-refractivity contribution in [3.05, 3.63) is 35.4 Å². The fourth-order valence-electron chi connectivity index (χ4n) is 10.5. The minimum absolute atomic E-state index is 0.152. The first-order valence-corrected chi connectivity index (χ1v) is 13.2. The van der Waals surface area contributed by atoms with Gasteiger partial charge in [0, 0.05) is 29.6 Å². The van der Waals surface area contributed by atoms with E-state index >= 15 is 0 Å². The second kappa shape index (κ2) is 6.25. The summed E-state index contributed by atoms with van der Waals surface area (Å²) in [5.41, 5.74) is 1.01. The molecular weight excluding hydrogens is 422 g/mol. The molecule has 0 aliphatic heterocycles. The van der Waals surface area contributed by atoms with Crippen LogP contribution in [-0.4, -0.2) is 45.8 Å². The molecule has 6 aliphatic rings. The summed E-state index contributed by atoms with van der Waals surface area (Å²) in [6, 6.07) is 10.8. The lowest BCUT2D eigenvalue weighted by Crippen LogP contribution is -3.18. The SMILES string of the molecule is CC(C)N(C(=O)C12C3[C@@H]4[C@H]1C1(c5ccc(C#N)cc5)[C@H]2[C@H]3C41C(=O)N(C(C)C)C(C)C)C(C)C. The van der Waals surface area contributed by atoms with E-state index in [-0.39, 0.29) is 52.2 Å². The Labute approximate surface area is 203 Å². The van der Waals surface area contributed by atoms with Crippen LogP contribution in [0.3, 0.4) is 0 Å². The maximum absolute atomic E-state index is 14.3. The molecule has 0 aromatic heterocycles. The molecule has 1 aromatic carbocycles. The summed E-state index contributed by atoms with van der Waals surface area (Å²) >= 11 is 0. The van der Waals surface area contributed by atoms with E-state index in [1.807, 2.05) is 12.1 Å². The highest BCUT2D eigenvalue weighted by atomic mass is 16.2. The van der Waals surface area contributed by atoms with Gasteiger partial charge >= 0.3 is 0 Å². The summed E-state index contributed by atoms with van der Waals surface area (Å²) in [7, 11) is 0. The third-order valence-electron chi connectivity index (χ3n) is 10.7. The van der Waals surface area contributed by atoms with Gasteiger partial charge in [0.05, 0.1) is 22.5 Å². The van der Waals surface area contributed by atoms with Crippen molar-refractivity contribution in [3.63, 3.8) is 0 Å². The maximum atomic E-state index is 14.3. The van der Waals surface area contributed by atoms with Crippen molar-refractivity contribution in [2.75, 3.05) is 0 Å². The predicted molar refractivity (Wildman–Crippen MR) is 129 cm³/mol. The molecule has 6 aliphatic carbocycles. The van der Waals surface area contributed by atoms with Crippen molar-refractivity contribution in [1.82, 2.24) is 9.80 Å². The van der Waals surface area contributed by atoms with E-state index in [1.165, 1.54) is 5.56 Å². The Hall–Kier alpha value is -2.35. The minimum Gasteiger partial charge on any atom is -0.337 e. The number of carbonyl (C=O) groups excluding carboxylic acids is 2. The van der Waals surface area contributed by atoms with Crippen LogP contribution in [0.5, 0.6) is 0 Å². The van der Waals surface area contributed by atoms with Crippen LogP contribution in [0.15, 0.2) is 24.3 Å². The van der Waals surface area contributed by atoms with Crippen molar-refractivity contribution in [2.24, 2.45) is 40.4 Å². The van der Waals surface area contributed by atoms with Gasteiger partial charge in [0.25, 0.3) is 0 Å². The van der Waals surface area contributed by atoms with Gasteiger partial charge in [-0.2, -0.15) is 5.26 Å². The van der Waals surface area contributed by atoms with Gasteiger partial charge in [-0.3, -0.25) is 9.59 Å². The summed E-state index contributed by atoms with van der Waals surface area (Å²) in [5, 5.41) is 9.33. The van der Waals surface area contributed by atoms with Crippen molar-refractivity contribution in [3.8, 4) is 6.07 Å². The van der Waals surface area contributed by atoms with Crippen LogP contribution in [0.25, 0.3) is 0 Å². The van der Waals surface area contributed by atoms with Crippen molar-refractivity contribution in [2.45, 2.75) is 85.0 Å². The lowest BCUT2D eigenvalue weighted by molar-refractivity contribution is -0.641. The van der Waals surface area contributed by atoms with Crippen LogP contribution in [-0.2, 0) is 15.0 Å². The van der Waals surface area contributed by atoms with E-state index in [0.29, 0.717) is 35.1 Å². The number of nitrogens with zero attached hydrogens (tertiary/aromatic N) is 3. The van der Waals surface area contributed by atoms with E-state index in [1.54, 1.807) is 0 Å². The highest BCUT2D eigenvalue weighted by Gasteiger charge is 3.18. The van der Waals surface area contributed by atoms with Gasteiger partial charge in [-0.1, -0.05) is 12.1 Å². The molecule has 0 heterocycles. The van der Waals surface area contributed by atoms with Gasteiger partial charge < -0.3 is 9.80 Å². The average Bonchev–Trinajstić information content (AvgIpc) is 2.77. The number of amides is 2. The molecule has 0 bridgehead atoms. The smallest absolute Gasteiger partial charge is 0.230 e. The number of nitriles is 1. The molecule has 5 nitrogen and oxygen atoms in total. The summed E-state index contributed by atoms with van der Waals surface area (Å²) in [4.78, 5) is 32.6. The Morgan fingerprint density at radius 2 is 1.21 bits per heavy atom. The zero-order valence-electron chi connectivity index (χ0n) is 21.7.